The fraction of sp³-hybridized carbons (Fsp3) is 0.286. The molecule has 1 fully saturated rings. The molecule has 0 aliphatic carbocycles. The highest BCUT2D eigenvalue weighted by atomic mass is 32.2. The monoisotopic (exact) mass is 574 g/mol. The molecule has 1 aromatic heterocycles. The number of aromatic nitrogens is 1. The van der Waals surface area contributed by atoms with E-state index in [4.69, 9.17) is 4.74 Å². The van der Waals surface area contributed by atoms with Crippen LogP contribution in [-0.2, 0) is 34.0 Å². The number of carbonyl (C=O) groups is 1. The number of rotatable bonds is 9. The topological polar surface area (TPSA) is 76.6 Å². The Kier molecular flexibility index (Phi) is 7.75. The molecule has 1 saturated heterocycles. The lowest BCUT2D eigenvalue weighted by atomic mass is 10.0. The van der Waals surface area contributed by atoms with Gasteiger partial charge in [-0.1, -0.05) is 24.3 Å². The Bertz CT molecular complexity index is 1580. The predicted molar refractivity (Wildman–Crippen MR) is 142 cm³/mol. The Balaban J connectivity index is 1.20. The average Bonchev–Trinajstić information content (AvgIpc) is 3.60. The lowest BCUT2D eigenvalue weighted by Crippen LogP contribution is -2.40. The molecule has 0 radical (unpaired) electrons. The smallest absolute Gasteiger partial charge is 0.416 e. The van der Waals surface area contributed by atoms with E-state index in [0.29, 0.717) is 37.1 Å². The molecule has 11 heteroatoms. The number of sulfonamides is 1. The zero-order chi connectivity index (χ0) is 27.6. The SMILES string of the molecule is O=C(CCc1cccc(OCc2ccc(C(F)(F)F)cc2)c1)[C@@H]1CCCN1S(=O)(=O)c1ccc2ncsc2c1. The zero-order valence-electron chi connectivity index (χ0n) is 20.7. The lowest BCUT2D eigenvalue weighted by Gasteiger charge is -2.23. The average molecular weight is 575 g/mol. The van der Waals surface area contributed by atoms with Gasteiger partial charge in [-0.25, -0.2) is 13.4 Å². The van der Waals surface area contributed by atoms with Crippen molar-refractivity contribution < 1.29 is 31.1 Å². The van der Waals surface area contributed by atoms with Gasteiger partial charge in [-0.15, -0.1) is 11.3 Å². The molecule has 1 aliphatic rings. The second kappa shape index (κ2) is 11.1. The van der Waals surface area contributed by atoms with Gasteiger partial charge < -0.3 is 4.74 Å². The van der Waals surface area contributed by atoms with Gasteiger partial charge in [0.15, 0.2) is 5.78 Å². The normalized spacial score (nSPS) is 16.5. The van der Waals surface area contributed by atoms with Crippen LogP contribution in [0.2, 0.25) is 0 Å². The number of hydrogen-bond donors (Lipinski definition) is 0. The molecule has 2 heterocycles. The van der Waals surface area contributed by atoms with Crippen molar-refractivity contribution in [1.82, 2.24) is 9.29 Å². The molecule has 204 valence electrons. The van der Waals surface area contributed by atoms with Crippen molar-refractivity contribution in [3.63, 3.8) is 0 Å². The molecule has 1 atom stereocenters. The molecule has 39 heavy (non-hydrogen) atoms. The van der Waals surface area contributed by atoms with Crippen LogP contribution in [-0.4, -0.2) is 36.1 Å². The first kappa shape index (κ1) is 27.3. The van der Waals surface area contributed by atoms with E-state index in [2.05, 4.69) is 4.98 Å². The summed E-state index contributed by atoms with van der Waals surface area (Å²) in [6.07, 6.45) is -2.70. The molecule has 4 aromatic rings. The second-order valence-electron chi connectivity index (χ2n) is 9.35. The number of carbonyl (C=O) groups excluding carboxylic acids is 1. The van der Waals surface area contributed by atoms with Crippen molar-refractivity contribution in [1.29, 1.82) is 0 Å². The molecule has 0 unspecified atom stereocenters. The third kappa shape index (κ3) is 6.15. The van der Waals surface area contributed by atoms with Crippen LogP contribution in [0.15, 0.2) is 77.1 Å². The fourth-order valence-electron chi connectivity index (χ4n) is 4.66. The van der Waals surface area contributed by atoms with Crippen LogP contribution in [0.1, 0.15) is 36.0 Å². The summed E-state index contributed by atoms with van der Waals surface area (Å²) in [7, 11) is -3.83. The third-order valence-electron chi connectivity index (χ3n) is 6.73. The molecule has 3 aromatic carbocycles. The minimum Gasteiger partial charge on any atom is -0.489 e. The highest BCUT2D eigenvalue weighted by Gasteiger charge is 2.39. The number of halogens is 3. The van der Waals surface area contributed by atoms with E-state index < -0.39 is 27.8 Å². The summed E-state index contributed by atoms with van der Waals surface area (Å²) in [6, 6.07) is 16.1. The van der Waals surface area contributed by atoms with Crippen molar-refractivity contribution in [3.05, 3.63) is 88.9 Å². The fourth-order valence-corrected chi connectivity index (χ4v) is 7.16. The van der Waals surface area contributed by atoms with E-state index in [0.717, 1.165) is 27.9 Å². The summed E-state index contributed by atoms with van der Waals surface area (Å²) in [5.41, 5.74) is 3.13. The van der Waals surface area contributed by atoms with Crippen LogP contribution in [0.5, 0.6) is 5.75 Å². The highest BCUT2D eigenvalue weighted by molar-refractivity contribution is 7.89. The Hall–Kier alpha value is -3.28. The first-order valence-electron chi connectivity index (χ1n) is 12.4. The van der Waals surface area contributed by atoms with E-state index in [1.54, 1.807) is 35.8 Å². The first-order chi connectivity index (χ1) is 18.6. The van der Waals surface area contributed by atoms with E-state index >= 15 is 0 Å². The van der Waals surface area contributed by atoms with E-state index in [9.17, 15) is 26.4 Å². The van der Waals surface area contributed by atoms with Crippen molar-refractivity contribution in [2.24, 2.45) is 0 Å². The van der Waals surface area contributed by atoms with Gasteiger partial charge in [-0.3, -0.25) is 4.79 Å². The summed E-state index contributed by atoms with van der Waals surface area (Å²) >= 11 is 1.37. The van der Waals surface area contributed by atoms with Crippen molar-refractivity contribution in [2.45, 2.75) is 49.4 Å². The van der Waals surface area contributed by atoms with Gasteiger partial charge in [-0.2, -0.15) is 17.5 Å². The summed E-state index contributed by atoms with van der Waals surface area (Å²) in [4.78, 5) is 17.5. The van der Waals surface area contributed by atoms with Crippen LogP contribution in [0, 0.1) is 0 Å². The van der Waals surface area contributed by atoms with Crippen molar-refractivity contribution in [3.8, 4) is 5.75 Å². The highest BCUT2D eigenvalue weighted by Crippen LogP contribution is 2.31. The van der Waals surface area contributed by atoms with Gasteiger partial charge in [0.05, 0.1) is 32.2 Å². The number of fused-ring (bicyclic) bond motifs is 1. The number of Topliss-reactive ketones (excluding diaryl/α,β-unsaturated/α-hetero) is 1. The lowest BCUT2D eigenvalue weighted by molar-refractivity contribution is -0.137. The second-order valence-corrected chi connectivity index (χ2v) is 12.1. The van der Waals surface area contributed by atoms with Crippen LogP contribution in [0.3, 0.4) is 0 Å². The molecular formula is C28H25F3N2O4S2. The maximum atomic E-state index is 13.4. The quantitative estimate of drug-likeness (QED) is 0.236. The summed E-state index contributed by atoms with van der Waals surface area (Å²) in [5.74, 6) is 0.398. The number of hydrogen-bond acceptors (Lipinski definition) is 6. The van der Waals surface area contributed by atoms with Crippen LogP contribution in [0.25, 0.3) is 10.2 Å². The number of benzene rings is 3. The minimum atomic E-state index is -4.39. The molecule has 5 rings (SSSR count). The first-order valence-corrected chi connectivity index (χ1v) is 14.7. The summed E-state index contributed by atoms with van der Waals surface area (Å²) < 4.78 is 72.8. The Morgan fingerprint density at radius 3 is 2.62 bits per heavy atom. The predicted octanol–water partition coefficient (Wildman–Crippen LogP) is 6.25. The van der Waals surface area contributed by atoms with Gasteiger partial charge >= 0.3 is 6.18 Å². The van der Waals surface area contributed by atoms with E-state index in [1.807, 2.05) is 6.07 Å². The van der Waals surface area contributed by atoms with Crippen molar-refractivity contribution in [2.75, 3.05) is 6.54 Å². The maximum absolute atomic E-state index is 13.4. The Morgan fingerprint density at radius 1 is 1.05 bits per heavy atom. The van der Waals surface area contributed by atoms with Crippen LogP contribution in [0.4, 0.5) is 13.2 Å². The van der Waals surface area contributed by atoms with Gasteiger partial charge in [0.25, 0.3) is 0 Å². The number of thiazole rings is 1. The molecule has 6 nitrogen and oxygen atoms in total. The number of ether oxygens (including phenoxy) is 1. The van der Waals surface area contributed by atoms with Crippen molar-refractivity contribution >= 4 is 37.4 Å². The largest absolute Gasteiger partial charge is 0.489 e. The Morgan fingerprint density at radius 2 is 1.85 bits per heavy atom. The van der Waals surface area contributed by atoms with Gasteiger partial charge in [0, 0.05) is 13.0 Å². The maximum Gasteiger partial charge on any atom is 0.416 e. The number of nitrogens with zero attached hydrogens (tertiary/aromatic N) is 2. The molecule has 0 saturated carbocycles. The number of alkyl halides is 3. The molecule has 0 spiro atoms. The van der Waals surface area contributed by atoms with Gasteiger partial charge in [0.1, 0.15) is 12.4 Å². The molecule has 1 aliphatic heterocycles. The molecule has 0 bridgehead atoms. The summed E-state index contributed by atoms with van der Waals surface area (Å²) in [6.45, 7) is 0.398. The molecule has 0 amide bonds. The van der Waals surface area contributed by atoms with Crippen LogP contribution < -0.4 is 4.74 Å². The molecule has 0 N–H and O–H groups in total. The standard InChI is InChI=1S/C28H25F3N2O4S2/c29-28(30,31)21-9-6-20(7-10-21)17-37-22-4-1-3-19(15-22)8-13-26(34)25-5-2-14-33(25)39(35,36)23-11-12-24-27(16-23)38-18-32-24/h1,3-4,6-7,9-12,15-16,18,25H,2,5,8,13-14,17H2/t25-/m0/s1. The van der Waals surface area contributed by atoms with Gasteiger partial charge in [0.2, 0.25) is 10.0 Å². The Labute approximate surface area is 228 Å². The molecular weight excluding hydrogens is 549 g/mol. The number of ketones is 1. The van der Waals surface area contributed by atoms with Crippen LogP contribution >= 0.6 is 11.3 Å². The summed E-state index contributed by atoms with van der Waals surface area (Å²) in [5, 5.41) is 0. The minimum absolute atomic E-state index is 0.0999. The van der Waals surface area contributed by atoms with E-state index in [-0.39, 0.29) is 23.7 Å². The zero-order valence-corrected chi connectivity index (χ0v) is 22.4. The third-order valence-corrected chi connectivity index (χ3v) is 9.43. The number of aryl methyl sites for hydroxylation is 1. The van der Waals surface area contributed by atoms with E-state index in [1.165, 1.54) is 33.8 Å². The van der Waals surface area contributed by atoms with Gasteiger partial charge in [-0.05, 0) is 72.9 Å².